The number of carboxylic acids is 1. The monoisotopic (exact) mass is 390 g/mol. The van der Waals surface area contributed by atoms with Crippen LogP contribution in [0.4, 0.5) is 0 Å². The van der Waals surface area contributed by atoms with Gasteiger partial charge in [0.2, 0.25) is 0 Å². The molecule has 1 saturated heterocycles. The van der Waals surface area contributed by atoms with Gasteiger partial charge in [0.15, 0.2) is 0 Å². The third-order valence-corrected chi connectivity index (χ3v) is 5.60. The fraction of sp³-hybridized carbons (Fsp3) is 0.421. The first-order chi connectivity index (χ1) is 13.0. The smallest absolute Gasteiger partial charge is 0.306 e. The van der Waals surface area contributed by atoms with Gasteiger partial charge in [-0.25, -0.2) is 0 Å². The van der Waals surface area contributed by atoms with Gasteiger partial charge in [-0.05, 0) is 26.0 Å². The molecule has 1 atom stereocenters. The lowest BCUT2D eigenvalue weighted by Crippen LogP contribution is -2.46. The van der Waals surface area contributed by atoms with Crippen LogP contribution in [0.25, 0.3) is 0 Å². The van der Waals surface area contributed by atoms with Crippen LogP contribution in [0.5, 0.6) is 0 Å². The largest absolute Gasteiger partial charge is 0.481 e. The average molecular weight is 390 g/mol. The molecule has 0 bridgehead atoms. The van der Waals surface area contributed by atoms with E-state index in [0.29, 0.717) is 24.5 Å². The minimum Gasteiger partial charge on any atom is -0.481 e. The van der Waals surface area contributed by atoms with E-state index in [4.69, 9.17) is 14.4 Å². The van der Waals surface area contributed by atoms with Crippen LogP contribution in [0.3, 0.4) is 0 Å². The molecule has 7 nitrogen and oxygen atoms in total. The minimum absolute atomic E-state index is 0.101. The molecular formula is C19H22N2O5S. The van der Waals surface area contributed by atoms with Crippen LogP contribution >= 0.6 is 11.8 Å². The summed E-state index contributed by atoms with van der Waals surface area (Å²) in [6, 6.07) is 7.46. The molecule has 1 aliphatic heterocycles. The summed E-state index contributed by atoms with van der Waals surface area (Å²) in [5.41, 5.74) is 2.51. The van der Waals surface area contributed by atoms with Crippen molar-refractivity contribution in [1.82, 2.24) is 10.1 Å². The van der Waals surface area contributed by atoms with Gasteiger partial charge in [-0.2, -0.15) is 0 Å². The third kappa shape index (κ3) is 4.70. The van der Waals surface area contributed by atoms with E-state index in [0.717, 1.165) is 21.9 Å². The zero-order chi connectivity index (χ0) is 19.4. The molecule has 1 N–H and O–H groups in total. The zero-order valence-corrected chi connectivity index (χ0v) is 16.1. The molecule has 2 heterocycles. The van der Waals surface area contributed by atoms with Crippen LogP contribution in [-0.2, 0) is 15.3 Å². The number of aromatic nitrogens is 1. The van der Waals surface area contributed by atoms with E-state index in [-0.39, 0.29) is 18.9 Å². The van der Waals surface area contributed by atoms with Crippen LogP contribution in [0.2, 0.25) is 0 Å². The van der Waals surface area contributed by atoms with Crippen LogP contribution in [0, 0.1) is 13.8 Å². The molecule has 0 radical (unpaired) electrons. The molecule has 1 unspecified atom stereocenters. The summed E-state index contributed by atoms with van der Waals surface area (Å²) < 4.78 is 10.7. The van der Waals surface area contributed by atoms with Crippen LogP contribution in [0.1, 0.15) is 33.8 Å². The number of benzene rings is 1. The van der Waals surface area contributed by atoms with Gasteiger partial charge >= 0.3 is 5.97 Å². The maximum Gasteiger partial charge on any atom is 0.306 e. The Hall–Kier alpha value is -2.32. The lowest BCUT2D eigenvalue weighted by molar-refractivity contribution is -0.141. The molecule has 1 fully saturated rings. The maximum absolute atomic E-state index is 13.0. The molecular weight excluding hydrogens is 368 g/mol. The number of hydrogen-bond acceptors (Lipinski definition) is 6. The van der Waals surface area contributed by atoms with Gasteiger partial charge in [-0.15, -0.1) is 11.8 Å². The van der Waals surface area contributed by atoms with Crippen LogP contribution < -0.4 is 0 Å². The highest BCUT2D eigenvalue weighted by Gasteiger charge is 2.27. The molecule has 1 aromatic carbocycles. The summed E-state index contributed by atoms with van der Waals surface area (Å²) in [6.07, 6.45) is -0.575. The first kappa shape index (κ1) is 19.4. The van der Waals surface area contributed by atoms with Crippen molar-refractivity contribution in [3.8, 4) is 0 Å². The molecule has 1 aromatic heterocycles. The Kier molecular flexibility index (Phi) is 6.18. The Morgan fingerprint density at radius 1 is 1.33 bits per heavy atom. The summed E-state index contributed by atoms with van der Waals surface area (Å²) in [5, 5.41) is 12.9. The van der Waals surface area contributed by atoms with E-state index >= 15 is 0 Å². The lowest BCUT2D eigenvalue weighted by Gasteiger charge is -2.32. The highest BCUT2D eigenvalue weighted by molar-refractivity contribution is 7.98. The fourth-order valence-electron chi connectivity index (χ4n) is 3.02. The highest BCUT2D eigenvalue weighted by atomic mass is 32.2. The van der Waals surface area contributed by atoms with Crippen molar-refractivity contribution in [3.63, 3.8) is 0 Å². The third-order valence-electron chi connectivity index (χ3n) is 4.50. The van der Waals surface area contributed by atoms with Gasteiger partial charge < -0.3 is 19.3 Å². The minimum atomic E-state index is -0.926. The van der Waals surface area contributed by atoms with Crippen molar-refractivity contribution >= 4 is 23.6 Å². The van der Waals surface area contributed by atoms with Crippen LogP contribution in [0.15, 0.2) is 33.7 Å². The number of aryl methyl sites for hydroxylation is 2. The van der Waals surface area contributed by atoms with Gasteiger partial charge in [0.1, 0.15) is 5.76 Å². The molecule has 144 valence electrons. The van der Waals surface area contributed by atoms with Gasteiger partial charge in [-0.3, -0.25) is 9.59 Å². The fourth-order valence-corrected chi connectivity index (χ4v) is 4.22. The summed E-state index contributed by atoms with van der Waals surface area (Å²) in [6.45, 7) is 4.87. The summed E-state index contributed by atoms with van der Waals surface area (Å²) in [7, 11) is 0. The van der Waals surface area contributed by atoms with E-state index in [9.17, 15) is 9.59 Å². The highest BCUT2D eigenvalue weighted by Crippen LogP contribution is 2.29. The normalized spacial score (nSPS) is 17.1. The second-order valence-corrected chi connectivity index (χ2v) is 7.45. The molecule has 0 aliphatic carbocycles. The number of carboxylic acid groups (broad SMARTS) is 1. The molecule has 3 rings (SSSR count). The van der Waals surface area contributed by atoms with E-state index in [1.165, 1.54) is 0 Å². The van der Waals surface area contributed by atoms with Gasteiger partial charge in [-0.1, -0.05) is 17.3 Å². The number of carbonyl (C=O) groups excluding carboxylic acids is 1. The summed E-state index contributed by atoms with van der Waals surface area (Å²) >= 11 is 1.56. The molecule has 27 heavy (non-hydrogen) atoms. The number of aliphatic carboxylic acids is 1. The maximum atomic E-state index is 13.0. The number of nitrogens with zero attached hydrogens (tertiary/aromatic N) is 2. The first-order valence-corrected chi connectivity index (χ1v) is 9.70. The predicted molar refractivity (Wildman–Crippen MR) is 99.9 cm³/mol. The van der Waals surface area contributed by atoms with Gasteiger partial charge in [0.25, 0.3) is 5.91 Å². The topological polar surface area (TPSA) is 92.9 Å². The number of amides is 1. The molecule has 8 heteroatoms. The standard InChI is InChI=1S/C19H22N2O5S/c1-12-16(13(2)26-20-12)11-27-17-6-4-3-5-15(17)19(24)21-7-8-25-14(10-21)9-18(22)23/h3-6,14H,7-11H2,1-2H3,(H,22,23). The Morgan fingerprint density at radius 3 is 2.81 bits per heavy atom. The van der Waals surface area contributed by atoms with Crippen molar-refractivity contribution in [2.45, 2.75) is 37.0 Å². The Morgan fingerprint density at radius 2 is 2.11 bits per heavy atom. The molecule has 0 saturated carbocycles. The van der Waals surface area contributed by atoms with Crippen molar-refractivity contribution < 1.29 is 24.0 Å². The van der Waals surface area contributed by atoms with E-state index in [1.807, 2.05) is 32.0 Å². The van der Waals surface area contributed by atoms with Gasteiger partial charge in [0, 0.05) is 29.3 Å². The Labute approximate surface area is 161 Å². The second kappa shape index (κ2) is 8.58. The lowest BCUT2D eigenvalue weighted by atomic mass is 10.1. The van der Waals surface area contributed by atoms with Crippen molar-refractivity contribution in [1.29, 1.82) is 0 Å². The van der Waals surface area contributed by atoms with E-state index in [1.54, 1.807) is 22.7 Å². The number of carbonyl (C=O) groups is 2. The molecule has 1 aliphatic rings. The van der Waals surface area contributed by atoms with Crippen molar-refractivity contribution in [2.24, 2.45) is 0 Å². The Balaban J connectivity index is 1.73. The number of thioether (sulfide) groups is 1. The van der Waals surface area contributed by atoms with Crippen molar-refractivity contribution in [2.75, 3.05) is 19.7 Å². The second-order valence-electron chi connectivity index (χ2n) is 6.43. The number of morpholine rings is 1. The average Bonchev–Trinajstić information content (AvgIpc) is 2.97. The predicted octanol–water partition coefficient (Wildman–Crippen LogP) is 2.90. The number of ether oxygens (including phenoxy) is 1. The molecule has 0 spiro atoms. The zero-order valence-electron chi connectivity index (χ0n) is 15.3. The molecule has 2 aromatic rings. The Bertz CT molecular complexity index is 816. The summed E-state index contributed by atoms with van der Waals surface area (Å²) in [4.78, 5) is 26.5. The number of rotatable bonds is 6. The SMILES string of the molecule is Cc1noc(C)c1CSc1ccccc1C(=O)N1CCOC(CC(=O)O)C1. The summed E-state index contributed by atoms with van der Waals surface area (Å²) in [5.74, 6) is 0.421. The molecule has 1 amide bonds. The quantitative estimate of drug-likeness (QED) is 0.758. The van der Waals surface area contributed by atoms with E-state index < -0.39 is 12.1 Å². The van der Waals surface area contributed by atoms with E-state index in [2.05, 4.69) is 5.16 Å². The van der Waals surface area contributed by atoms with Crippen molar-refractivity contribution in [3.05, 3.63) is 46.8 Å². The number of hydrogen-bond donors (Lipinski definition) is 1. The first-order valence-electron chi connectivity index (χ1n) is 8.72. The van der Waals surface area contributed by atoms with Gasteiger partial charge in [0.05, 0.1) is 30.4 Å². The van der Waals surface area contributed by atoms with Crippen LogP contribution in [-0.4, -0.2) is 52.8 Å².